The number of hydrogen-bond donors (Lipinski definition) is 1. The summed E-state index contributed by atoms with van der Waals surface area (Å²) >= 11 is 0. The van der Waals surface area contributed by atoms with E-state index in [1.54, 1.807) is 17.2 Å². The molecule has 1 N–H and O–H groups in total. The van der Waals surface area contributed by atoms with Crippen molar-refractivity contribution in [3.8, 4) is 0 Å². The highest BCUT2D eigenvalue weighted by Crippen LogP contribution is 2.26. The largest absolute Gasteiger partial charge is 0.337 e. The molecule has 2 fully saturated rings. The normalized spacial score (nSPS) is 23.7. The molecule has 2 aromatic heterocycles. The molecule has 11 heteroatoms. The standard InChI is InChI=1S/C19H26N6O4S/c26-18(14-4-3-10-24(12-14)30(28,29)23-8-1-2-9-23)22-11-6-16-15(13-22)19(27)25-17(21-16)5-7-20-25/h5,7,14,20H,1-4,6,8-13H2. The van der Waals surface area contributed by atoms with Crippen LogP contribution < -0.4 is 5.56 Å². The van der Waals surface area contributed by atoms with Gasteiger partial charge in [0.1, 0.15) is 0 Å². The molecule has 162 valence electrons. The number of H-pyrrole nitrogens is 1. The van der Waals surface area contributed by atoms with Gasteiger partial charge < -0.3 is 4.90 Å². The Morgan fingerprint density at radius 3 is 2.67 bits per heavy atom. The number of carbonyl (C=O) groups excluding carboxylic acids is 1. The monoisotopic (exact) mass is 434 g/mol. The quantitative estimate of drug-likeness (QED) is 0.729. The maximum absolute atomic E-state index is 13.2. The van der Waals surface area contributed by atoms with E-state index in [4.69, 9.17) is 0 Å². The number of aromatic nitrogens is 3. The van der Waals surface area contributed by atoms with Crippen molar-refractivity contribution in [1.29, 1.82) is 0 Å². The van der Waals surface area contributed by atoms with Crippen molar-refractivity contribution in [2.45, 2.75) is 38.6 Å². The maximum atomic E-state index is 13.2. The molecule has 1 amide bonds. The summed E-state index contributed by atoms with van der Waals surface area (Å²) in [6.45, 7) is 2.51. The van der Waals surface area contributed by atoms with Crippen LogP contribution in [0.2, 0.25) is 0 Å². The fourth-order valence-corrected chi connectivity index (χ4v) is 6.57. The lowest BCUT2D eigenvalue weighted by atomic mass is 9.96. The topological polar surface area (TPSA) is 111 Å². The third-order valence-corrected chi connectivity index (χ3v) is 8.46. The van der Waals surface area contributed by atoms with E-state index >= 15 is 0 Å². The Bertz CT molecular complexity index is 1130. The van der Waals surface area contributed by atoms with Crippen molar-refractivity contribution in [3.05, 3.63) is 33.9 Å². The highest BCUT2D eigenvalue weighted by molar-refractivity contribution is 7.86. The van der Waals surface area contributed by atoms with Gasteiger partial charge in [-0.05, 0) is 25.7 Å². The van der Waals surface area contributed by atoms with Crippen LogP contribution in [0.4, 0.5) is 0 Å². The molecule has 3 aliphatic heterocycles. The number of amides is 1. The first-order valence-electron chi connectivity index (χ1n) is 10.6. The molecule has 0 radical (unpaired) electrons. The van der Waals surface area contributed by atoms with E-state index in [0.29, 0.717) is 56.7 Å². The number of nitrogens with zero attached hydrogens (tertiary/aromatic N) is 5. The van der Waals surface area contributed by atoms with E-state index in [0.717, 1.165) is 18.5 Å². The fourth-order valence-electron chi connectivity index (χ4n) is 4.80. The number of rotatable bonds is 3. The average Bonchev–Trinajstić information content (AvgIpc) is 3.46. The Morgan fingerprint density at radius 1 is 1.10 bits per heavy atom. The summed E-state index contributed by atoms with van der Waals surface area (Å²) in [5.74, 6) is -0.444. The van der Waals surface area contributed by atoms with Crippen LogP contribution in [0.15, 0.2) is 17.1 Å². The molecule has 3 aliphatic rings. The first-order valence-corrected chi connectivity index (χ1v) is 12.0. The zero-order chi connectivity index (χ0) is 20.9. The van der Waals surface area contributed by atoms with Gasteiger partial charge in [0.05, 0.1) is 23.7 Å². The van der Waals surface area contributed by atoms with E-state index < -0.39 is 10.2 Å². The molecule has 0 aliphatic carbocycles. The average molecular weight is 435 g/mol. The molecule has 1 atom stereocenters. The van der Waals surface area contributed by atoms with Crippen molar-refractivity contribution < 1.29 is 13.2 Å². The molecule has 1 unspecified atom stereocenters. The van der Waals surface area contributed by atoms with Crippen LogP contribution in [0.3, 0.4) is 0 Å². The van der Waals surface area contributed by atoms with Crippen molar-refractivity contribution in [3.63, 3.8) is 0 Å². The first kappa shape index (κ1) is 19.7. The van der Waals surface area contributed by atoms with Crippen LogP contribution in [-0.2, 0) is 28.0 Å². The highest BCUT2D eigenvalue weighted by atomic mass is 32.2. The highest BCUT2D eigenvalue weighted by Gasteiger charge is 2.38. The molecule has 5 rings (SSSR count). The number of aromatic amines is 1. The smallest absolute Gasteiger partial charge is 0.281 e. The lowest BCUT2D eigenvalue weighted by Gasteiger charge is -2.37. The van der Waals surface area contributed by atoms with Gasteiger partial charge in [-0.15, -0.1) is 0 Å². The molecule has 0 saturated carbocycles. The molecule has 2 saturated heterocycles. The summed E-state index contributed by atoms with van der Waals surface area (Å²) in [5.41, 5.74) is 1.67. The number of piperidine rings is 1. The minimum absolute atomic E-state index is 0.0713. The van der Waals surface area contributed by atoms with E-state index in [2.05, 4.69) is 10.1 Å². The molecule has 10 nitrogen and oxygen atoms in total. The minimum Gasteiger partial charge on any atom is -0.337 e. The predicted octanol–water partition coefficient (Wildman–Crippen LogP) is -0.0401. The van der Waals surface area contributed by atoms with Gasteiger partial charge in [-0.2, -0.15) is 17.0 Å². The van der Waals surface area contributed by atoms with E-state index in [1.165, 1.54) is 13.1 Å². The van der Waals surface area contributed by atoms with Crippen LogP contribution in [0, 0.1) is 5.92 Å². The Hall–Kier alpha value is -2.24. The number of hydrogen-bond acceptors (Lipinski definition) is 5. The third-order valence-electron chi connectivity index (χ3n) is 6.45. The molecule has 30 heavy (non-hydrogen) atoms. The van der Waals surface area contributed by atoms with Gasteiger partial charge in [-0.25, -0.2) is 9.50 Å². The van der Waals surface area contributed by atoms with Crippen LogP contribution in [-0.4, -0.2) is 75.2 Å². The first-order chi connectivity index (χ1) is 14.4. The zero-order valence-electron chi connectivity index (χ0n) is 16.8. The second-order valence-electron chi connectivity index (χ2n) is 8.32. The zero-order valence-corrected chi connectivity index (χ0v) is 17.6. The van der Waals surface area contributed by atoms with Gasteiger partial charge in [0, 0.05) is 51.4 Å². The third kappa shape index (κ3) is 3.25. The van der Waals surface area contributed by atoms with Gasteiger partial charge in [0.15, 0.2) is 5.65 Å². The summed E-state index contributed by atoms with van der Waals surface area (Å²) in [4.78, 5) is 32.2. The van der Waals surface area contributed by atoms with Gasteiger partial charge in [-0.1, -0.05) is 0 Å². The van der Waals surface area contributed by atoms with Crippen molar-refractivity contribution in [2.24, 2.45) is 5.92 Å². The van der Waals surface area contributed by atoms with Crippen molar-refractivity contribution in [1.82, 2.24) is 28.1 Å². The summed E-state index contributed by atoms with van der Waals surface area (Å²) in [6, 6.07) is 1.75. The number of nitrogens with one attached hydrogen (secondary N) is 1. The summed E-state index contributed by atoms with van der Waals surface area (Å²) in [6.07, 6.45) is 5.30. The van der Waals surface area contributed by atoms with Crippen molar-refractivity contribution in [2.75, 3.05) is 32.7 Å². The van der Waals surface area contributed by atoms with Gasteiger partial charge in [-0.3, -0.25) is 14.7 Å². The second-order valence-corrected chi connectivity index (χ2v) is 10.2. The lowest BCUT2D eigenvalue weighted by Crippen LogP contribution is -2.51. The molecular weight excluding hydrogens is 408 g/mol. The van der Waals surface area contributed by atoms with Gasteiger partial charge in [0.2, 0.25) is 5.91 Å². The SMILES string of the molecule is O=C(C1CCCN(S(=O)(=O)N2CCCC2)C1)N1CCc2nc3cc[nH]n3c(=O)c2C1. The molecule has 5 heterocycles. The number of fused-ring (bicyclic) bond motifs is 2. The fraction of sp³-hybridized carbons (Fsp3) is 0.632. The van der Waals surface area contributed by atoms with Crippen LogP contribution >= 0.6 is 0 Å². The maximum Gasteiger partial charge on any atom is 0.281 e. The Morgan fingerprint density at radius 2 is 1.87 bits per heavy atom. The van der Waals surface area contributed by atoms with Gasteiger partial charge in [0.25, 0.3) is 15.8 Å². The molecule has 0 aromatic carbocycles. The van der Waals surface area contributed by atoms with Crippen molar-refractivity contribution >= 4 is 21.8 Å². The second kappa shape index (κ2) is 7.47. The Kier molecular flexibility index (Phi) is 4.91. The molecule has 2 aromatic rings. The van der Waals surface area contributed by atoms with Crippen LogP contribution in [0.5, 0.6) is 0 Å². The molecule has 0 spiro atoms. The van der Waals surface area contributed by atoms with Crippen LogP contribution in [0.25, 0.3) is 5.65 Å². The molecular formula is C19H26N6O4S. The minimum atomic E-state index is -3.50. The van der Waals surface area contributed by atoms with E-state index in [1.807, 2.05) is 0 Å². The summed E-state index contributed by atoms with van der Waals surface area (Å²) in [7, 11) is -3.50. The molecule has 0 bridgehead atoms. The number of carbonyl (C=O) groups is 1. The predicted molar refractivity (Wildman–Crippen MR) is 109 cm³/mol. The van der Waals surface area contributed by atoms with E-state index in [9.17, 15) is 18.0 Å². The summed E-state index contributed by atoms with van der Waals surface area (Å²) < 4.78 is 30.2. The lowest BCUT2D eigenvalue weighted by molar-refractivity contribution is -0.137. The summed E-state index contributed by atoms with van der Waals surface area (Å²) in [5, 5.41) is 2.85. The van der Waals surface area contributed by atoms with Crippen LogP contribution in [0.1, 0.15) is 36.9 Å². The van der Waals surface area contributed by atoms with Gasteiger partial charge >= 0.3 is 0 Å². The Labute approximate surface area is 174 Å². The van der Waals surface area contributed by atoms with E-state index in [-0.39, 0.29) is 30.5 Å². The Balaban J connectivity index is 1.33.